The Morgan fingerprint density at radius 1 is 1.33 bits per heavy atom. The first-order valence-electron chi connectivity index (χ1n) is 0.825. The molecule has 9 heteroatoms. The fraction of sp³-hybridized carbons (Fsp3) is 0. The van der Waals surface area contributed by atoms with Gasteiger partial charge in [-0.1, -0.05) is 0 Å². The molecule has 0 saturated carbocycles. The Morgan fingerprint density at radius 2 is 1.33 bits per heavy atom. The molecule has 1 N–H and O–H groups in total. The summed E-state index contributed by atoms with van der Waals surface area (Å²) in [4.78, 5) is 0. The fourth-order valence-electron chi connectivity index (χ4n) is 0. The van der Waals surface area contributed by atoms with E-state index in [9.17, 15) is 0 Å². The molecule has 46 valence electrons. The Labute approximate surface area is 103 Å². The van der Waals surface area contributed by atoms with E-state index in [1.165, 1.54) is 0 Å². The van der Waals surface area contributed by atoms with Crippen molar-refractivity contribution in [1.82, 2.24) is 0 Å². The predicted molar refractivity (Wildman–Crippen MR) is 11.5 cm³/mol. The van der Waals surface area contributed by atoms with Crippen molar-refractivity contribution in [3.63, 3.8) is 0 Å². The summed E-state index contributed by atoms with van der Waals surface area (Å²) in [5, 5.41) is 0. The molecule has 0 saturated heterocycles. The van der Waals surface area contributed by atoms with Crippen LogP contribution in [0.15, 0.2) is 0 Å². The van der Waals surface area contributed by atoms with Gasteiger partial charge in [0, 0.05) is 0 Å². The van der Waals surface area contributed by atoms with Crippen LogP contribution in [0.25, 0.3) is 0 Å². The van der Waals surface area contributed by atoms with Gasteiger partial charge in [0.15, 0.2) is 0 Å². The normalized spacial score (nSPS) is 8.89. The van der Waals surface area contributed by atoms with Gasteiger partial charge in [-0.25, -0.2) is 4.21 Å². The van der Waals surface area contributed by atoms with Crippen molar-refractivity contribution in [3.05, 3.63) is 0 Å². The summed E-state index contributed by atoms with van der Waals surface area (Å²) in [7, 11) is 0. The summed E-state index contributed by atoms with van der Waals surface area (Å²) >= 11 is -3.28. The van der Waals surface area contributed by atoms with Gasteiger partial charge in [-0.05, 0) is 0 Å². The number of rotatable bonds is 0. The molecule has 0 spiro atoms. The summed E-state index contributed by atoms with van der Waals surface area (Å²) in [5.41, 5.74) is 0. The Bertz CT molecular complexity index is 46.2. The van der Waals surface area contributed by atoms with Crippen LogP contribution in [0.5, 0.6) is 0 Å². The maximum atomic E-state index is 8.56. The zero-order valence-electron chi connectivity index (χ0n) is 4.87. The van der Waals surface area contributed by atoms with Crippen LogP contribution in [-0.4, -0.2) is 13.3 Å². The Kier molecular flexibility index (Phi) is 56.1. The molecule has 1 atom stereocenters. The molecule has 0 aliphatic rings. The number of hydrogen-bond acceptors (Lipinski definition) is 4. The van der Waals surface area contributed by atoms with Gasteiger partial charge in [0.25, 0.3) is 0 Å². The van der Waals surface area contributed by atoms with Crippen LogP contribution in [-0.2, 0) is 11.4 Å². The van der Waals surface area contributed by atoms with E-state index in [1.54, 1.807) is 0 Å². The predicted octanol–water partition coefficient (Wildman–Crippen LogP) is -9.03. The molecule has 1 unspecified atom stereocenters. The smallest absolute Gasteiger partial charge is 0.750 e. The molecule has 0 rings (SSSR count). The van der Waals surface area contributed by atoms with Crippen LogP contribution >= 0.6 is 0 Å². The fourth-order valence-corrected chi connectivity index (χ4v) is 0. The van der Waals surface area contributed by atoms with Crippen LogP contribution in [0.4, 0.5) is 0 Å². The summed E-state index contributed by atoms with van der Waals surface area (Å²) in [6.07, 6.45) is 0. The van der Waals surface area contributed by atoms with E-state index in [-0.39, 0.29) is 59.1 Å². The molecule has 0 aromatic carbocycles. The summed E-state index contributed by atoms with van der Waals surface area (Å²) < 4.78 is 40.6. The molecule has 0 amide bonds. The Hall–Kier alpha value is 2.28. The van der Waals surface area contributed by atoms with Gasteiger partial charge < -0.3 is 18.4 Å². The van der Waals surface area contributed by atoms with Crippen molar-refractivity contribution in [2.75, 3.05) is 0 Å². The summed E-state index contributed by atoms with van der Waals surface area (Å²) in [5.74, 6) is 0. The van der Waals surface area contributed by atoms with Crippen molar-refractivity contribution in [2.24, 2.45) is 0 Å². The second-order valence-corrected chi connectivity index (χ2v) is 0.840. The monoisotopic (exact) mass is 194 g/mol. The molecular formula is HClNa2O5S. The standard InChI is InChI=1S/ClO2.2Na.H2O3S/c2-1-3;;;1-4(2)3/h;;;(H2,1,2,3)/q-1;2*+1;/p-1. The van der Waals surface area contributed by atoms with Crippen molar-refractivity contribution < 1.29 is 93.1 Å². The maximum Gasteiger partial charge on any atom is 1.00 e. The van der Waals surface area contributed by atoms with Gasteiger partial charge in [-0.3, -0.25) is 0 Å². The van der Waals surface area contributed by atoms with E-state index in [4.69, 9.17) is 22.6 Å². The third kappa shape index (κ3) is 136. The molecule has 0 aromatic heterocycles. The number of hydrogen-bond donors (Lipinski definition) is 1. The first-order valence-corrected chi connectivity index (χ1v) is 2.47. The van der Waals surface area contributed by atoms with E-state index in [0.717, 1.165) is 0 Å². The SMILES string of the molecule is O=S([O-])O.[Na+].[Na+].[O-][Cl+][O-]. The quantitative estimate of drug-likeness (QED) is 0.304. The first kappa shape index (κ1) is 22.5. The van der Waals surface area contributed by atoms with Crippen LogP contribution < -0.4 is 68.4 Å². The molecule has 0 heterocycles. The van der Waals surface area contributed by atoms with Crippen molar-refractivity contribution in [3.8, 4) is 0 Å². The van der Waals surface area contributed by atoms with E-state index in [1.807, 2.05) is 0 Å². The second-order valence-electron chi connectivity index (χ2n) is 0.280. The van der Waals surface area contributed by atoms with Crippen LogP contribution in [0.3, 0.4) is 0 Å². The molecule has 5 nitrogen and oxygen atoms in total. The molecule has 0 aromatic rings. The minimum Gasteiger partial charge on any atom is -0.750 e. The average molecular weight is 195 g/mol. The van der Waals surface area contributed by atoms with E-state index >= 15 is 0 Å². The molecule has 9 heavy (non-hydrogen) atoms. The van der Waals surface area contributed by atoms with Crippen molar-refractivity contribution in [1.29, 1.82) is 0 Å². The van der Waals surface area contributed by atoms with Crippen LogP contribution in [0.1, 0.15) is 0 Å². The summed E-state index contributed by atoms with van der Waals surface area (Å²) in [6.45, 7) is 0. The van der Waals surface area contributed by atoms with Gasteiger partial charge in [0.05, 0.1) is 22.7 Å². The molecule has 0 radical (unpaired) electrons. The second kappa shape index (κ2) is 22.4. The third-order valence-electron chi connectivity index (χ3n) is 0. The van der Waals surface area contributed by atoms with Crippen LogP contribution in [0, 0.1) is 11.3 Å². The van der Waals surface area contributed by atoms with Gasteiger partial charge in [-0.15, -0.1) is 0 Å². The van der Waals surface area contributed by atoms with Crippen molar-refractivity contribution in [2.45, 2.75) is 0 Å². The average Bonchev–Trinajstić information content (AvgIpc) is 1.33. The van der Waals surface area contributed by atoms with Gasteiger partial charge >= 0.3 is 59.1 Å². The zero-order chi connectivity index (χ0) is 6.28. The van der Waals surface area contributed by atoms with Crippen LogP contribution in [0.2, 0.25) is 0 Å². The minimum atomic E-state index is -2.86. The molecule has 0 fully saturated rings. The molecule has 0 aliphatic heterocycles. The van der Waals surface area contributed by atoms with E-state index in [0.29, 0.717) is 0 Å². The van der Waals surface area contributed by atoms with Gasteiger partial charge in [-0.2, -0.15) is 0 Å². The summed E-state index contributed by atoms with van der Waals surface area (Å²) in [6, 6.07) is 0. The van der Waals surface area contributed by atoms with E-state index in [2.05, 4.69) is 0 Å². The van der Waals surface area contributed by atoms with Gasteiger partial charge in [0.2, 0.25) is 0 Å². The Balaban J connectivity index is -0.0000000233. The minimum absolute atomic E-state index is 0. The third-order valence-corrected chi connectivity index (χ3v) is 0. The maximum absolute atomic E-state index is 8.56. The topological polar surface area (TPSA) is 106 Å². The molecule has 0 aliphatic carbocycles. The van der Waals surface area contributed by atoms with Crippen molar-refractivity contribution >= 4 is 11.4 Å². The molecule has 0 bridgehead atoms. The van der Waals surface area contributed by atoms with Gasteiger partial charge in [0.1, 0.15) is 0 Å². The Morgan fingerprint density at radius 3 is 1.33 bits per heavy atom. The first-order chi connectivity index (χ1) is 3.15. The van der Waals surface area contributed by atoms with E-state index < -0.39 is 22.7 Å². The molecular weight excluding hydrogens is 193 g/mol. The zero-order valence-corrected chi connectivity index (χ0v) is 10.4. The largest absolute Gasteiger partial charge is 1.00 e. The number of halogens is 1.